The monoisotopic (exact) mass is 134 g/mol. The molecule has 2 nitrogen and oxygen atoms in total. The van der Waals surface area contributed by atoms with E-state index in [2.05, 4.69) is 22.1 Å². The fourth-order valence-corrected chi connectivity index (χ4v) is 0.764. The second-order valence-corrected chi connectivity index (χ2v) is 2.76. The second kappa shape index (κ2) is 2.26. The molecule has 0 aromatic heterocycles. The smallest absolute Gasteiger partial charge is 0.133 e. The van der Waals surface area contributed by atoms with Gasteiger partial charge in [0.15, 0.2) is 0 Å². The molecule has 0 bridgehead atoms. The van der Waals surface area contributed by atoms with E-state index in [4.69, 9.17) is 0 Å². The van der Waals surface area contributed by atoms with Crippen LogP contribution >= 0.6 is 0 Å². The predicted molar refractivity (Wildman–Crippen MR) is 40.5 cm³/mol. The highest BCUT2D eigenvalue weighted by Crippen LogP contribution is 2.21. The average Bonchev–Trinajstić information content (AvgIpc) is 2.12. The van der Waals surface area contributed by atoms with Gasteiger partial charge in [0.25, 0.3) is 0 Å². The van der Waals surface area contributed by atoms with E-state index < -0.39 is 0 Å². The van der Waals surface area contributed by atoms with Gasteiger partial charge in [0.1, 0.15) is 5.70 Å². The molecule has 0 amide bonds. The summed E-state index contributed by atoms with van der Waals surface area (Å²) in [5, 5.41) is 7.89. The molecule has 0 aromatic rings. The van der Waals surface area contributed by atoms with Gasteiger partial charge in [-0.25, -0.2) is 0 Å². The summed E-state index contributed by atoms with van der Waals surface area (Å²) in [6, 6.07) is 0. The van der Waals surface area contributed by atoms with Crippen molar-refractivity contribution in [1.29, 1.82) is 0 Å². The molecule has 52 valence electrons. The van der Waals surface area contributed by atoms with Crippen molar-refractivity contribution in [3.8, 4) is 11.8 Å². The zero-order chi connectivity index (χ0) is 7.61. The van der Waals surface area contributed by atoms with Gasteiger partial charge in [-0.2, -0.15) is 5.11 Å². The molecule has 1 aliphatic heterocycles. The van der Waals surface area contributed by atoms with Crippen molar-refractivity contribution in [3.63, 3.8) is 0 Å². The van der Waals surface area contributed by atoms with E-state index in [9.17, 15) is 0 Å². The highest BCUT2D eigenvalue weighted by Gasteiger charge is 2.18. The summed E-state index contributed by atoms with van der Waals surface area (Å²) in [5.41, 5.74) is 0.645. The Bertz CT molecular complexity index is 248. The first-order chi connectivity index (χ1) is 4.64. The molecule has 0 spiro atoms. The van der Waals surface area contributed by atoms with Gasteiger partial charge in [0, 0.05) is 0 Å². The average molecular weight is 134 g/mol. The molecule has 1 rings (SSSR count). The number of hydrogen-bond acceptors (Lipinski definition) is 2. The van der Waals surface area contributed by atoms with Gasteiger partial charge >= 0.3 is 0 Å². The van der Waals surface area contributed by atoms with E-state index >= 15 is 0 Å². The van der Waals surface area contributed by atoms with E-state index in [1.807, 2.05) is 19.9 Å². The van der Waals surface area contributed by atoms with Crippen molar-refractivity contribution >= 4 is 0 Å². The molecule has 0 atom stereocenters. The predicted octanol–water partition coefficient (Wildman–Crippen LogP) is 2.14. The third-order valence-corrected chi connectivity index (χ3v) is 1.16. The lowest BCUT2D eigenvalue weighted by Gasteiger charge is -2.04. The Balaban J connectivity index is 2.84. The van der Waals surface area contributed by atoms with Crippen molar-refractivity contribution < 1.29 is 0 Å². The third kappa shape index (κ3) is 1.44. The minimum absolute atomic E-state index is 0.140. The maximum absolute atomic E-state index is 4.00. The maximum atomic E-state index is 4.00. The Kier molecular flexibility index (Phi) is 1.58. The minimum Gasteiger partial charge on any atom is -0.178 e. The summed E-state index contributed by atoms with van der Waals surface area (Å²) in [6.45, 7) is 5.80. The van der Waals surface area contributed by atoms with Gasteiger partial charge in [-0.15, -0.1) is 5.11 Å². The summed E-state index contributed by atoms with van der Waals surface area (Å²) < 4.78 is 0. The van der Waals surface area contributed by atoms with Gasteiger partial charge in [0.05, 0.1) is 5.54 Å². The number of azo groups is 1. The SMILES string of the molecule is CC#CC1=CC(C)(C)N=N1. The zero-order valence-corrected chi connectivity index (χ0v) is 6.47. The molecule has 0 unspecified atom stereocenters. The largest absolute Gasteiger partial charge is 0.178 e. The first-order valence-electron chi connectivity index (χ1n) is 3.22. The maximum Gasteiger partial charge on any atom is 0.133 e. The van der Waals surface area contributed by atoms with E-state index in [0.29, 0.717) is 0 Å². The lowest BCUT2D eigenvalue weighted by Crippen LogP contribution is -2.07. The number of allylic oxidation sites excluding steroid dienone is 1. The van der Waals surface area contributed by atoms with E-state index in [0.717, 1.165) is 5.70 Å². The summed E-state index contributed by atoms with van der Waals surface area (Å²) >= 11 is 0. The van der Waals surface area contributed by atoms with Gasteiger partial charge in [0.2, 0.25) is 0 Å². The van der Waals surface area contributed by atoms with Crippen LogP contribution in [0.1, 0.15) is 20.8 Å². The summed E-state index contributed by atoms with van der Waals surface area (Å²) in [7, 11) is 0. The Morgan fingerprint density at radius 3 is 2.60 bits per heavy atom. The molecule has 0 saturated heterocycles. The summed E-state index contributed by atoms with van der Waals surface area (Å²) in [4.78, 5) is 0. The minimum atomic E-state index is -0.140. The molecule has 0 N–H and O–H groups in total. The van der Waals surface area contributed by atoms with Crippen LogP contribution in [0.5, 0.6) is 0 Å². The van der Waals surface area contributed by atoms with Gasteiger partial charge in [-0.3, -0.25) is 0 Å². The molecule has 0 saturated carbocycles. The van der Waals surface area contributed by atoms with E-state index in [1.165, 1.54) is 0 Å². The van der Waals surface area contributed by atoms with Crippen molar-refractivity contribution in [3.05, 3.63) is 11.8 Å². The lowest BCUT2D eigenvalue weighted by molar-refractivity contribution is 0.644. The van der Waals surface area contributed by atoms with E-state index in [-0.39, 0.29) is 5.54 Å². The van der Waals surface area contributed by atoms with E-state index in [1.54, 1.807) is 6.92 Å². The Morgan fingerprint density at radius 1 is 1.50 bits per heavy atom. The lowest BCUT2D eigenvalue weighted by atomic mass is 10.1. The Labute approximate surface area is 61.0 Å². The van der Waals surface area contributed by atoms with Crippen LogP contribution in [0.2, 0.25) is 0 Å². The molecule has 10 heavy (non-hydrogen) atoms. The Morgan fingerprint density at radius 2 is 2.20 bits per heavy atom. The van der Waals surface area contributed by atoms with Crippen LogP contribution in [0.3, 0.4) is 0 Å². The number of nitrogens with zero attached hydrogens (tertiary/aromatic N) is 2. The molecule has 1 heterocycles. The van der Waals surface area contributed by atoms with Crippen LogP contribution in [-0.4, -0.2) is 5.54 Å². The van der Waals surface area contributed by atoms with Gasteiger partial charge in [-0.1, -0.05) is 5.92 Å². The van der Waals surface area contributed by atoms with Crippen LogP contribution in [0.4, 0.5) is 0 Å². The topological polar surface area (TPSA) is 24.7 Å². The third-order valence-electron chi connectivity index (χ3n) is 1.16. The number of rotatable bonds is 0. The Hall–Kier alpha value is -1.10. The van der Waals surface area contributed by atoms with Crippen molar-refractivity contribution in [2.45, 2.75) is 26.3 Å². The molecule has 0 radical (unpaired) electrons. The molecule has 0 fully saturated rings. The summed E-state index contributed by atoms with van der Waals surface area (Å²) in [5.74, 6) is 5.63. The standard InChI is InChI=1S/C8H10N2/c1-4-5-7-6-8(2,3)10-9-7/h6H,1-3H3. The highest BCUT2D eigenvalue weighted by atomic mass is 15.2. The van der Waals surface area contributed by atoms with Crippen LogP contribution in [0.25, 0.3) is 0 Å². The molecular weight excluding hydrogens is 124 g/mol. The molecule has 1 aliphatic rings. The zero-order valence-electron chi connectivity index (χ0n) is 6.47. The summed E-state index contributed by atoms with van der Waals surface area (Å²) in [6.07, 6.45) is 1.96. The van der Waals surface area contributed by atoms with Gasteiger partial charge in [-0.05, 0) is 32.8 Å². The van der Waals surface area contributed by atoms with Crippen molar-refractivity contribution in [2.75, 3.05) is 0 Å². The molecule has 0 aromatic carbocycles. The van der Waals surface area contributed by atoms with Gasteiger partial charge < -0.3 is 0 Å². The van der Waals surface area contributed by atoms with Crippen LogP contribution in [-0.2, 0) is 0 Å². The van der Waals surface area contributed by atoms with Crippen LogP contribution in [0.15, 0.2) is 22.0 Å². The highest BCUT2D eigenvalue weighted by molar-refractivity contribution is 5.31. The molecule has 0 aliphatic carbocycles. The first kappa shape index (κ1) is 7.01. The molecule has 2 heteroatoms. The van der Waals surface area contributed by atoms with Crippen LogP contribution in [0, 0.1) is 11.8 Å². The fraction of sp³-hybridized carbons (Fsp3) is 0.500. The first-order valence-corrected chi connectivity index (χ1v) is 3.22. The molecular formula is C8H10N2. The number of hydrogen-bond donors (Lipinski definition) is 0. The van der Waals surface area contributed by atoms with Crippen LogP contribution < -0.4 is 0 Å². The normalized spacial score (nSPS) is 19.7. The van der Waals surface area contributed by atoms with Crippen molar-refractivity contribution in [2.24, 2.45) is 10.2 Å². The quantitative estimate of drug-likeness (QED) is 0.453. The fourth-order valence-electron chi connectivity index (χ4n) is 0.764. The van der Waals surface area contributed by atoms with Crippen molar-refractivity contribution in [1.82, 2.24) is 0 Å². The second-order valence-electron chi connectivity index (χ2n) is 2.76.